The SMILES string of the molecule is CC(=O)N[C@H]1[C@H](O[C@H]2[C@@H](O)[C@@H](CO)O[C@@H](O[C@H]3[C@H](O[C@@H]4O[C@@H](C)[C@@H](O)[C@@H](O)[C@@H]4O)[C@@H](NC(C)=O)[C@H](O[C@H]4[C@@H](O)[C@@H](CO)O[C@@H](O[C@@H]([C@H](O)[C@@H](O)CO)[C@H](O)CO)[C@@H]4O)O[C@@H]3CO)[C@@H]2O)O[C@H](CO)[C@@H](O[C@@H]2O[C@H](CO)[C@H](O)[C@H](O[C@]3(C(=O)O)C[C@H](O)[C@@H](NC(C)=O)[C@H]([C@H](O)[C@H](O)CO)O3)[C@H]2O)[C@@H]1O. The Labute approximate surface area is 583 Å². The predicted molar refractivity (Wildman–Crippen MR) is 317 cm³/mol. The van der Waals surface area contributed by atoms with Crippen molar-refractivity contribution in [2.45, 2.75) is 279 Å². The maximum atomic E-state index is 13.3. The quantitative estimate of drug-likeness (QED) is 0.0306. The van der Waals surface area contributed by atoms with Crippen LogP contribution >= 0.6 is 0 Å². The van der Waals surface area contributed by atoms with Gasteiger partial charge in [-0.3, -0.25) is 14.4 Å². The molecule has 0 aliphatic carbocycles. The number of carbonyl (C=O) groups excluding carboxylic acids is 3. The molecule has 103 heavy (non-hydrogen) atoms. The number of aliphatic hydroxyl groups is 24. The molecule has 0 saturated carbocycles. The molecule has 46 nitrogen and oxygen atoms in total. The monoisotopic (exact) mass is 1510 g/mol. The van der Waals surface area contributed by atoms with Crippen LogP contribution in [0.25, 0.3) is 0 Å². The molecule has 7 heterocycles. The zero-order valence-corrected chi connectivity index (χ0v) is 55.4. The summed E-state index contributed by atoms with van der Waals surface area (Å²) in [4.78, 5) is 51.6. The number of rotatable bonds is 31. The minimum Gasteiger partial charge on any atom is -0.477 e. The number of ether oxygens (including phenoxy) is 14. The highest BCUT2D eigenvalue weighted by Crippen LogP contribution is 2.41. The number of amides is 3. The smallest absolute Gasteiger partial charge is 0.364 e. The number of aliphatic carboxylic acids is 1. The number of carboxylic acid groups (broad SMARTS) is 1. The van der Waals surface area contributed by atoms with E-state index in [1.165, 1.54) is 6.92 Å². The van der Waals surface area contributed by atoms with Gasteiger partial charge in [-0.1, -0.05) is 0 Å². The van der Waals surface area contributed by atoms with Gasteiger partial charge >= 0.3 is 5.97 Å². The van der Waals surface area contributed by atoms with Crippen molar-refractivity contribution < 1.29 is 213 Å². The summed E-state index contributed by atoms with van der Waals surface area (Å²) in [6.07, 6.45) is -78.2. The first-order valence-electron chi connectivity index (χ1n) is 32.5. The van der Waals surface area contributed by atoms with Gasteiger partial charge in [-0.05, 0) is 6.92 Å². The lowest BCUT2D eigenvalue weighted by molar-refractivity contribution is -0.397. The van der Waals surface area contributed by atoms with E-state index in [0.29, 0.717) is 0 Å². The summed E-state index contributed by atoms with van der Waals surface area (Å²) in [6.45, 7) is -5.46. The molecule has 0 bridgehead atoms. The van der Waals surface area contributed by atoms with E-state index in [4.69, 9.17) is 66.3 Å². The van der Waals surface area contributed by atoms with Crippen LogP contribution in [0.2, 0.25) is 0 Å². The standard InChI is InChI=1S/C57H97N3O43/c1-14-30(76)37(83)38(84)52(90-14)99-46-29(60-17(4)71)51(101-48-34(80)22(9-64)91-53(39(48)85)96-42(21(75)8-63)31(77)19(73)6-61)95-26(13-68)44(46)98-54-40(86)47(33(79)23(10-65)92-54)100-50-28(59-16(3)70)36(82)43(25(12-67)94-50)97-55-41(87)49(35(81)24(11-66)93-55)103-57(56(88)89)5-18(72)27(58-15(2)69)45(102-57)32(78)20(74)7-62/h14,18-55,61-68,72-87H,5-13H2,1-4H3,(H,58,69)(H,59,70)(H,60,71)(H,88,89)/t14-,18-,19-,20+,21+,22+,23+,24+,25+,26+,27+,28+,29+,30+,31+,32+,33-,34-,35-,36+,37+,38-,39+,40+,41+,42+,43+,44+,45+,46+,47-,48-,49-,50-,51-,52-,53-,54-,55-,57-/m0/s1. The zero-order valence-electron chi connectivity index (χ0n) is 55.4. The van der Waals surface area contributed by atoms with E-state index < -0.39 is 328 Å². The number of hydrogen-bond acceptors (Lipinski definition) is 42. The lowest BCUT2D eigenvalue weighted by Gasteiger charge is -2.52. The molecule has 3 amide bonds. The van der Waals surface area contributed by atoms with Crippen molar-refractivity contribution in [1.82, 2.24) is 16.0 Å². The lowest BCUT2D eigenvalue weighted by atomic mass is 9.88. The Balaban J connectivity index is 1.19. The summed E-state index contributed by atoms with van der Waals surface area (Å²) < 4.78 is 82.3. The molecule has 7 aliphatic heterocycles. The van der Waals surface area contributed by atoms with Crippen LogP contribution in [0.1, 0.15) is 34.1 Å². The molecular weight excluding hydrogens is 1410 g/mol. The second-order valence-electron chi connectivity index (χ2n) is 25.8. The van der Waals surface area contributed by atoms with E-state index in [1.807, 2.05) is 0 Å². The third-order valence-electron chi connectivity index (χ3n) is 18.4. The Kier molecular flexibility index (Phi) is 31.7. The van der Waals surface area contributed by atoms with E-state index in [9.17, 15) is 147 Å². The van der Waals surface area contributed by atoms with Crippen molar-refractivity contribution in [1.29, 1.82) is 0 Å². The highest BCUT2D eigenvalue weighted by molar-refractivity contribution is 5.77. The summed E-state index contributed by atoms with van der Waals surface area (Å²) in [5.41, 5.74) is 0. The molecule has 598 valence electrons. The minimum atomic E-state index is -3.26. The van der Waals surface area contributed by atoms with E-state index in [-0.39, 0.29) is 0 Å². The number of carboxylic acids is 1. The lowest BCUT2D eigenvalue weighted by Crippen LogP contribution is -2.72. The maximum absolute atomic E-state index is 13.3. The Morgan fingerprint density at radius 3 is 1.30 bits per heavy atom. The second-order valence-corrected chi connectivity index (χ2v) is 25.8. The van der Waals surface area contributed by atoms with Crippen molar-refractivity contribution in [2.75, 3.05) is 52.9 Å². The summed E-state index contributed by atoms with van der Waals surface area (Å²) in [5, 5.41) is 280. The summed E-state index contributed by atoms with van der Waals surface area (Å²) >= 11 is 0. The molecule has 7 saturated heterocycles. The van der Waals surface area contributed by atoms with Crippen LogP contribution in [0.4, 0.5) is 0 Å². The predicted octanol–water partition coefficient (Wildman–Crippen LogP) is -18.2. The van der Waals surface area contributed by atoms with Gasteiger partial charge in [-0.15, -0.1) is 0 Å². The second kappa shape index (κ2) is 37.7. The normalized spacial score (nSPS) is 45.1. The Morgan fingerprint density at radius 1 is 0.417 bits per heavy atom. The molecule has 40 atom stereocenters. The van der Waals surface area contributed by atoms with Crippen molar-refractivity contribution in [3.63, 3.8) is 0 Å². The fourth-order valence-corrected chi connectivity index (χ4v) is 12.9. The van der Waals surface area contributed by atoms with Crippen LogP contribution in [0.5, 0.6) is 0 Å². The first kappa shape index (κ1) is 86.6. The number of hydrogen-bond donors (Lipinski definition) is 28. The van der Waals surface area contributed by atoms with Gasteiger partial charge in [0.1, 0.15) is 183 Å². The summed E-state index contributed by atoms with van der Waals surface area (Å²) in [6, 6.07) is -5.75. The molecule has 0 spiro atoms. The molecule has 0 aromatic carbocycles. The highest BCUT2D eigenvalue weighted by atomic mass is 16.8. The van der Waals surface area contributed by atoms with Gasteiger partial charge in [0.25, 0.3) is 5.79 Å². The fourth-order valence-electron chi connectivity index (χ4n) is 12.9. The van der Waals surface area contributed by atoms with E-state index in [1.54, 1.807) is 0 Å². The van der Waals surface area contributed by atoms with Crippen LogP contribution in [-0.4, -0.2) is 449 Å². The molecule has 7 rings (SSSR count). The van der Waals surface area contributed by atoms with E-state index >= 15 is 0 Å². The van der Waals surface area contributed by atoms with Gasteiger partial charge in [0, 0.05) is 27.2 Å². The first-order valence-corrected chi connectivity index (χ1v) is 32.5. The molecule has 0 radical (unpaired) electrons. The average Bonchev–Trinajstić information content (AvgIpc) is 0.758. The van der Waals surface area contributed by atoms with Crippen molar-refractivity contribution in [2.24, 2.45) is 0 Å². The van der Waals surface area contributed by atoms with Gasteiger partial charge in [-0.25, -0.2) is 4.79 Å². The fraction of sp³-hybridized carbons (Fsp3) is 0.930. The van der Waals surface area contributed by atoms with Crippen LogP contribution in [0.3, 0.4) is 0 Å². The number of aliphatic hydroxyl groups excluding tert-OH is 24. The molecule has 0 aromatic rings. The van der Waals surface area contributed by atoms with Crippen LogP contribution < -0.4 is 16.0 Å². The molecular formula is C57H97N3O43. The Hall–Kier alpha value is -3.64. The topological polar surface area (TPSA) is 739 Å². The van der Waals surface area contributed by atoms with Gasteiger partial charge in [-0.2, -0.15) is 0 Å². The number of nitrogens with one attached hydrogen (secondary N) is 3. The molecule has 28 N–H and O–H groups in total. The van der Waals surface area contributed by atoms with Gasteiger partial charge in [0.2, 0.25) is 17.7 Å². The highest BCUT2D eigenvalue weighted by Gasteiger charge is 2.63. The van der Waals surface area contributed by atoms with Crippen LogP contribution in [0, 0.1) is 0 Å². The molecule has 46 heteroatoms. The van der Waals surface area contributed by atoms with Gasteiger partial charge in [0.15, 0.2) is 37.7 Å². The zero-order chi connectivity index (χ0) is 76.7. The van der Waals surface area contributed by atoms with E-state index in [0.717, 1.165) is 20.8 Å². The third-order valence-corrected chi connectivity index (χ3v) is 18.4. The van der Waals surface area contributed by atoms with Gasteiger partial charge < -0.3 is 210 Å². The average molecular weight is 1510 g/mol. The van der Waals surface area contributed by atoms with Gasteiger partial charge in [0.05, 0.1) is 71.1 Å². The van der Waals surface area contributed by atoms with E-state index in [2.05, 4.69) is 16.0 Å². The summed E-state index contributed by atoms with van der Waals surface area (Å²) in [5.74, 6) is -8.25. The summed E-state index contributed by atoms with van der Waals surface area (Å²) in [7, 11) is 0. The minimum absolute atomic E-state index is 0.860. The van der Waals surface area contributed by atoms with Crippen LogP contribution in [-0.2, 0) is 85.5 Å². The Morgan fingerprint density at radius 2 is 0.816 bits per heavy atom. The van der Waals surface area contributed by atoms with Crippen molar-refractivity contribution in [3.8, 4) is 0 Å². The maximum Gasteiger partial charge on any atom is 0.364 e. The largest absolute Gasteiger partial charge is 0.477 e. The first-order chi connectivity index (χ1) is 48.5. The van der Waals surface area contributed by atoms with Crippen LogP contribution in [0.15, 0.2) is 0 Å². The molecule has 0 unspecified atom stereocenters. The molecule has 7 fully saturated rings. The molecule has 7 aliphatic rings. The molecule has 0 aromatic heterocycles. The van der Waals surface area contributed by atoms with Crippen molar-refractivity contribution in [3.05, 3.63) is 0 Å². The Bertz CT molecular complexity index is 2670. The number of carbonyl (C=O) groups is 4. The van der Waals surface area contributed by atoms with Crippen molar-refractivity contribution >= 4 is 23.7 Å². The third kappa shape index (κ3) is 19.3.